The normalized spacial score (nSPS) is 9.83. The summed E-state index contributed by atoms with van der Waals surface area (Å²) in [5.74, 6) is -2.32. The summed E-state index contributed by atoms with van der Waals surface area (Å²) in [7, 11) is 0. The van der Waals surface area contributed by atoms with Gasteiger partial charge in [0.05, 0.1) is 5.56 Å². The summed E-state index contributed by atoms with van der Waals surface area (Å²) in [6.45, 7) is 1.35. The highest BCUT2D eigenvalue weighted by atomic mass is 19.1. The zero-order valence-electron chi connectivity index (χ0n) is 12.2. The number of amides is 3. The number of hydrogen-bond donors (Lipinski definition) is 3. The number of halogens is 1. The van der Waals surface area contributed by atoms with E-state index in [1.165, 1.54) is 37.3 Å². The molecule has 0 aliphatic rings. The molecule has 2 aromatic rings. The van der Waals surface area contributed by atoms with Crippen LogP contribution in [0.2, 0.25) is 0 Å². The average Bonchev–Trinajstić information content (AvgIpc) is 2.52. The highest BCUT2D eigenvalue weighted by molar-refractivity contribution is 6.00. The van der Waals surface area contributed by atoms with Crippen molar-refractivity contribution in [2.45, 2.75) is 6.92 Å². The van der Waals surface area contributed by atoms with Gasteiger partial charge in [0.1, 0.15) is 5.82 Å². The van der Waals surface area contributed by atoms with Gasteiger partial charge in [-0.3, -0.25) is 25.2 Å². The quantitative estimate of drug-likeness (QED) is 0.756. The molecule has 0 radical (unpaired) electrons. The summed E-state index contributed by atoms with van der Waals surface area (Å²) in [4.78, 5) is 34.8. The van der Waals surface area contributed by atoms with Crippen LogP contribution in [0.5, 0.6) is 0 Å². The number of nitrogens with one attached hydrogen (secondary N) is 3. The first-order valence-electron chi connectivity index (χ1n) is 6.70. The third-order valence-electron chi connectivity index (χ3n) is 2.85. The van der Waals surface area contributed by atoms with Gasteiger partial charge in [0.15, 0.2) is 0 Å². The van der Waals surface area contributed by atoms with Gasteiger partial charge in [-0.15, -0.1) is 0 Å². The van der Waals surface area contributed by atoms with Crippen LogP contribution in [-0.4, -0.2) is 17.7 Å². The van der Waals surface area contributed by atoms with E-state index in [9.17, 15) is 18.8 Å². The van der Waals surface area contributed by atoms with E-state index < -0.39 is 17.6 Å². The van der Waals surface area contributed by atoms with Gasteiger partial charge >= 0.3 is 0 Å². The Morgan fingerprint density at radius 3 is 2.30 bits per heavy atom. The third kappa shape index (κ3) is 4.37. The Morgan fingerprint density at radius 2 is 1.61 bits per heavy atom. The Hall–Kier alpha value is -3.22. The molecule has 0 atom stereocenters. The second kappa shape index (κ2) is 7.17. The van der Waals surface area contributed by atoms with E-state index in [0.717, 1.165) is 6.07 Å². The fourth-order valence-electron chi connectivity index (χ4n) is 1.84. The van der Waals surface area contributed by atoms with Crippen LogP contribution in [0.3, 0.4) is 0 Å². The zero-order valence-corrected chi connectivity index (χ0v) is 12.2. The van der Waals surface area contributed by atoms with Crippen molar-refractivity contribution in [1.29, 1.82) is 0 Å². The molecule has 7 heteroatoms. The predicted octanol–water partition coefficient (Wildman–Crippen LogP) is 1.86. The first-order chi connectivity index (χ1) is 11.0. The van der Waals surface area contributed by atoms with Crippen LogP contribution in [-0.2, 0) is 4.79 Å². The molecule has 0 bridgehead atoms. The van der Waals surface area contributed by atoms with Crippen LogP contribution in [0, 0.1) is 5.82 Å². The monoisotopic (exact) mass is 315 g/mol. The summed E-state index contributed by atoms with van der Waals surface area (Å²) >= 11 is 0. The number of hydrogen-bond acceptors (Lipinski definition) is 3. The minimum atomic E-state index is -0.769. The van der Waals surface area contributed by atoms with Crippen LogP contribution < -0.4 is 16.2 Å². The van der Waals surface area contributed by atoms with E-state index in [-0.39, 0.29) is 17.0 Å². The van der Waals surface area contributed by atoms with Gasteiger partial charge in [-0.2, -0.15) is 0 Å². The lowest BCUT2D eigenvalue weighted by molar-refractivity contribution is -0.114. The SMILES string of the molecule is CC(=O)Nc1cccc(C(=O)NNC(=O)c2ccccc2F)c1. The maximum Gasteiger partial charge on any atom is 0.272 e. The topological polar surface area (TPSA) is 87.3 Å². The molecule has 3 N–H and O–H groups in total. The van der Waals surface area contributed by atoms with Crippen molar-refractivity contribution >= 4 is 23.4 Å². The van der Waals surface area contributed by atoms with Crippen molar-refractivity contribution in [1.82, 2.24) is 10.9 Å². The van der Waals surface area contributed by atoms with E-state index >= 15 is 0 Å². The molecule has 118 valence electrons. The minimum Gasteiger partial charge on any atom is -0.326 e. The highest BCUT2D eigenvalue weighted by Crippen LogP contribution is 2.10. The molecule has 23 heavy (non-hydrogen) atoms. The van der Waals surface area contributed by atoms with Crippen LogP contribution in [0.4, 0.5) is 10.1 Å². The Labute approximate surface area is 131 Å². The molecule has 0 aliphatic heterocycles. The van der Waals surface area contributed by atoms with E-state index in [4.69, 9.17) is 0 Å². The molecule has 0 unspecified atom stereocenters. The van der Waals surface area contributed by atoms with Crippen molar-refractivity contribution in [2.75, 3.05) is 5.32 Å². The number of anilines is 1. The molecule has 0 spiro atoms. The molecule has 0 saturated carbocycles. The van der Waals surface area contributed by atoms with E-state index in [0.29, 0.717) is 5.69 Å². The minimum absolute atomic E-state index is 0.181. The van der Waals surface area contributed by atoms with Gasteiger partial charge in [-0.05, 0) is 30.3 Å². The number of hydrazine groups is 1. The van der Waals surface area contributed by atoms with Gasteiger partial charge in [-0.25, -0.2) is 4.39 Å². The fraction of sp³-hybridized carbons (Fsp3) is 0.0625. The number of rotatable bonds is 3. The number of carbonyl (C=O) groups is 3. The van der Waals surface area contributed by atoms with Gasteiger partial charge < -0.3 is 5.32 Å². The highest BCUT2D eigenvalue weighted by Gasteiger charge is 2.12. The first-order valence-corrected chi connectivity index (χ1v) is 6.70. The maximum absolute atomic E-state index is 13.4. The molecular weight excluding hydrogens is 301 g/mol. The second-order valence-corrected chi connectivity index (χ2v) is 4.65. The molecule has 0 aliphatic carbocycles. The number of benzene rings is 2. The Kier molecular flexibility index (Phi) is 5.03. The van der Waals surface area contributed by atoms with Crippen molar-refractivity contribution in [2.24, 2.45) is 0 Å². The van der Waals surface area contributed by atoms with Gasteiger partial charge in [0, 0.05) is 18.2 Å². The lowest BCUT2D eigenvalue weighted by atomic mass is 10.2. The van der Waals surface area contributed by atoms with Crippen LogP contribution >= 0.6 is 0 Å². The first kappa shape index (κ1) is 16.2. The third-order valence-corrected chi connectivity index (χ3v) is 2.85. The molecular formula is C16H14FN3O3. The van der Waals surface area contributed by atoms with Crippen molar-refractivity contribution < 1.29 is 18.8 Å². The molecule has 6 nitrogen and oxygen atoms in total. The van der Waals surface area contributed by atoms with Crippen molar-refractivity contribution in [3.63, 3.8) is 0 Å². The van der Waals surface area contributed by atoms with Crippen molar-refractivity contribution in [3.8, 4) is 0 Å². The largest absolute Gasteiger partial charge is 0.326 e. The van der Waals surface area contributed by atoms with Crippen LogP contribution in [0.1, 0.15) is 27.6 Å². The smallest absolute Gasteiger partial charge is 0.272 e. The Balaban J connectivity index is 2.01. The summed E-state index contributed by atoms with van der Waals surface area (Å²) in [5, 5.41) is 2.54. The fourth-order valence-corrected chi connectivity index (χ4v) is 1.84. The lowest BCUT2D eigenvalue weighted by Gasteiger charge is -2.09. The Bertz CT molecular complexity index is 762. The predicted molar refractivity (Wildman–Crippen MR) is 82.1 cm³/mol. The number of carbonyl (C=O) groups excluding carboxylic acids is 3. The molecule has 0 aromatic heterocycles. The molecule has 2 rings (SSSR count). The lowest BCUT2D eigenvalue weighted by Crippen LogP contribution is -2.41. The molecule has 0 saturated heterocycles. The van der Waals surface area contributed by atoms with Gasteiger partial charge in [0.25, 0.3) is 11.8 Å². The van der Waals surface area contributed by atoms with Crippen LogP contribution in [0.25, 0.3) is 0 Å². The van der Waals surface area contributed by atoms with E-state index in [2.05, 4.69) is 16.2 Å². The molecule has 3 amide bonds. The summed E-state index contributed by atoms with van der Waals surface area (Å²) < 4.78 is 13.4. The summed E-state index contributed by atoms with van der Waals surface area (Å²) in [6.07, 6.45) is 0. The second-order valence-electron chi connectivity index (χ2n) is 4.65. The van der Waals surface area contributed by atoms with Crippen molar-refractivity contribution in [3.05, 3.63) is 65.5 Å². The molecule has 0 heterocycles. The van der Waals surface area contributed by atoms with E-state index in [1.807, 2.05) is 0 Å². The zero-order chi connectivity index (χ0) is 16.8. The summed E-state index contributed by atoms with van der Waals surface area (Å²) in [5.41, 5.74) is 4.82. The average molecular weight is 315 g/mol. The van der Waals surface area contributed by atoms with Gasteiger partial charge in [-0.1, -0.05) is 18.2 Å². The van der Waals surface area contributed by atoms with Gasteiger partial charge in [0.2, 0.25) is 5.91 Å². The Morgan fingerprint density at radius 1 is 0.913 bits per heavy atom. The standard InChI is InChI=1S/C16H14FN3O3/c1-10(21)18-12-6-4-5-11(9-12)15(22)19-20-16(23)13-7-2-3-8-14(13)17/h2-9H,1H3,(H,18,21)(H,19,22)(H,20,23). The van der Waals surface area contributed by atoms with Crippen LogP contribution in [0.15, 0.2) is 48.5 Å². The van der Waals surface area contributed by atoms with E-state index in [1.54, 1.807) is 12.1 Å². The molecule has 2 aromatic carbocycles. The molecule has 0 fully saturated rings. The maximum atomic E-state index is 13.4. The summed E-state index contributed by atoms with van der Waals surface area (Å²) in [6, 6.07) is 11.6.